The van der Waals surface area contributed by atoms with Crippen molar-refractivity contribution >= 4 is 5.82 Å². The lowest BCUT2D eigenvalue weighted by Crippen LogP contribution is -2.09. The third-order valence-electron chi connectivity index (χ3n) is 2.82. The third-order valence-corrected chi connectivity index (χ3v) is 2.82. The Hall–Kier alpha value is -1.97. The Bertz CT molecular complexity index is 523. The Morgan fingerprint density at radius 1 is 1.17 bits per heavy atom. The molecule has 0 spiro atoms. The molecule has 0 radical (unpaired) electrons. The maximum atomic E-state index is 4.63. The van der Waals surface area contributed by atoms with E-state index in [2.05, 4.69) is 33.3 Å². The highest BCUT2D eigenvalue weighted by Gasteiger charge is 2.09. The molecule has 0 aromatic carbocycles. The molecule has 2 rings (SSSR count). The molecule has 0 aliphatic carbocycles. The average molecular weight is 242 g/mol. The number of rotatable bonds is 4. The van der Waals surface area contributed by atoms with Crippen molar-refractivity contribution in [1.29, 1.82) is 0 Å². The maximum Gasteiger partial charge on any atom is 0.148 e. The number of nitrogens with zero attached hydrogens (tertiary/aromatic N) is 3. The molecular formula is C14H18N4. The topological polar surface area (TPSA) is 50.7 Å². The van der Waals surface area contributed by atoms with Crippen molar-refractivity contribution in [2.45, 2.75) is 27.2 Å². The first kappa shape index (κ1) is 12.5. The van der Waals surface area contributed by atoms with E-state index in [9.17, 15) is 0 Å². The molecule has 4 heteroatoms. The molecule has 0 aliphatic heterocycles. The fraction of sp³-hybridized carbons (Fsp3) is 0.357. The molecular weight excluding hydrogens is 224 g/mol. The molecule has 0 bridgehead atoms. The Balaban J connectivity index is 2.33. The van der Waals surface area contributed by atoms with Crippen LogP contribution in [0.1, 0.15) is 29.6 Å². The Morgan fingerprint density at radius 2 is 1.94 bits per heavy atom. The van der Waals surface area contributed by atoms with Crippen molar-refractivity contribution in [2.24, 2.45) is 0 Å². The first-order chi connectivity index (χ1) is 8.70. The molecule has 2 aromatic rings. The predicted octanol–water partition coefficient (Wildman–Crippen LogP) is 2.51. The van der Waals surface area contributed by atoms with E-state index in [4.69, 9.17) is 0 Å². The molecule has 94 valence electrons. The van der Waals surface area contributed by atoms with E-state index in [1.165, 1.54) is 0 Å². The van der Waals surface area contributed by atoms with Gasteiger partial charge in [0.1, 0.15) is 5.82 Å². The van der Waals surface area contributed by atoms with Crippen molar-refractivity contribution < 1.29 is 0 Å². The number of hydrogen-bond donors (Lipinski definition) is 1. The van der Waals surface area contributed by atoms with E-state index in [0.29, 0.717) is 0 Å². The molecule has 4 nitrogen and oxygen atoms in total. The first-order valence-electron chi connectivity index (χ1n) is 6.17. The molecule has 18 heavy (non-hydrogen) atoms. The van der Waals surface area contributed by atoms with Crippen LogP contribution in [0.15, 0.2) is 24.5 Å². The molecule has 0 fully saturated rings. The minimum atomic E-state index is 0.754. The minimum absolute atomic E-state index is 0.754. The number of hydrogen-bond acceptors (Lipinski definition) is 4. The smallest absolute Gasteiger partial charge is 0.148 e. The van der Waals surface area contributed by atoms with Crippen molar-refractivity contribution in [2.75, 3.05) is 11.9 Å². The standard InChI is InChI=1S/C14H18N4/c1-4-16-14-13(17-10(2)11(3)18-14)8-12-6-5-7-15-9-12/h5-7,9H,4,8H2,1-3H3,(H,16,18). The fourth-order valence-electron chi connectivity index (χ4n) is 1.78. The lowest BCUT2D eigenvalue weighted by Gasteiger charge is -2.11. The van der Waals surface area contributed by atoms with Crippen molar-refractivity contribution in [1.82, 2.24) is 15.0 Å². The Labute approximate surface area is 108 Å². The van der Waals surface area contributed by atoms with Crippen LogP contribution in [0, 0.1) is 13.8 Å². The largest absolute Gasteiger partial charge is 0.369 e. The Kier molecular flexibility index (Phi) is 3.87. The highest BCUT2D eigenvalue weighted by Crippen LogP contribution is 2.16. The normalized spacial score (nSPS) is 10.4. The summed E-state index contributed by atoms with van der Waals surface area (Å²) in [5, 5.41) is 3.27. The average Bonchev–Trinajstić information content (AvgIpc) is 2.37. The second-order valence-electron chi connectivity index (χ2n) is 4.26. The highest BCUT2D eigenvalue weighted by molar-refractivity contribution is 5.43. The summed E-state index contributed by atoms with van der Waals surface area (Å²) in [6.07, 6.45) is 4.40. The van der Waals surface area contributed by atoms with Gasteiger partial charge in [-0.3, -0.25) is 9.97 Å². The van der Waals surface area contributed by atoms with Gasteiger partial charge in [0.05, 0.1) is 17.1 Å². The van der Waals surface area contributed by atoms with Crippen LogP contribution in [0.25, 0.3) is 0 Å². The van der Waals surface area contributed by atoms with Gasteiger partial charge in [0.15, 0.2) is 0 Å². The van der Waals surface area contributed by atoms with E-state index in [1.54, 1.807) is 6.20 Å². The van der Waals surface area contributed by atoms with Crippen LogP contribution < -0.4 is 5.32 Å². The molecule has 2 aromatic heterocycles. The van der Waals surface area contributed by atoms with Gasteiger partial charge >= 0.3 is 0 Å². The summed E-state index contributed by atoms with van der Waals surface area (Å²) in [4.78, 5) is 13.3. The monoisotopic (exact) mass is 242 g/mol. The maximum absolute atomic E-state index is 4.63. The molecule has 0 amide bonds. The first-order valence-corrected chi connectivity index (χ1v) is 6.17. The van der Waals surface area contributed by atoms with Crippen LogP contribution in [-0.2, 0) is 6.42 Å². The summed E-state index contributed by atoms with van der Waals surface area (Å²) in [6.45, 7) is 6.88. The van der Waals surface area contributed by atoms with E-state index >= 15 is 0 Å². The van der Waals surface area contributed by atoms with E-state index < -0.39 is 0 Å². The Morgan fingerprint density at radius 3 is 2.61 bits per heavy atom. The van der Waals surface area contributed by atoms with Crippen molar-refractivity contribution in [3.05, 3.63) is 47.2 Å². The van der Waals surface area contributed by atoms with Crippen molar-refractivity contribution in [3.63, 3.8) is 0 Å². The van der Waals surface area contributed by atoms with Gasteiger partial charge in [0, 0.05) is 25.4 Å². The number of pyridine rings is 1. The third kappa shape index (κ3) is 2.83. The number of anilines is 1. The van der Waals surface area contributed by atoms with Gasteiger partial charge in [-0.2, -0.15) is 0 Å². The summed E-state index contributed by atoms with van der Waals surface area (Å²) in [5.41, 5.74) is 4.08. The van der Waals surface area contributed by atoms with Gasteiger partial charge in [-0.15, -0.1) is 0 Å². The quantitative estimate of drug-likeness (QED) is 0.895. The summed E-state index contributed by atoms with van der Waals surface area (Å²) in [7, 11) is 0. The number of nitrogens with one attached hydrogen (secondary N) is 1. The summed E-state index contributed by atoms with van der Waals surface area (Å²) >= 11 is 0. The number of aryl methyl sites for hydroxylation is 2. The van der Waals surface area contributed by atoms with Crippen LogP contribution in [0.3, 0.4) is 0 Å². The molecule has 1 N–H and O–H groups in total. The molecule has 0 atom stereocenters. The minimum Gasteiger partial charge on any atom is -0.369 e. The summed E-state index contributed by atoms with van der Waals surface area (Å²) in [5.74, 6) is 0.879. The molecule has 2 heterocycles. The predicted molar refractivity (Wildman–Crippen MR) is 72.7 cm³/mol. The van der Waals surface area contributed by atoms with Gasteiger partial charge < -0.3 is 5.32 Å². The molecule has 0 unspecified atom stereocenters. The van der Waals surface area contributed by atoms with Gasteiger partial charge in [-0.25, -0.2) is 4.98 Å². The second-order valence-corrected chi connectivity index (χ2v) is 4.26. The molecule has 0 saturated heterocycles. The number of aromatic nitrogens is 3. The lowest BCUT2D eigenvalue weighted by molar-refractivity contribution is 0.947. The van der Waals surface area contributed by atoms with Crippen LogP contribution in [0.4, 0.5) is 5.82 Å². The van der Waals surface area contributed by atoms with Crippen LogP contribution >= 0.6 is 0 Å². The van der Waals surface area contributed by atoms with E-state index in [-0.39, 0.29) is 0 Å². The van der Waals surface area contributed by atoms with Gasteiger partial charge in [0.2, 0.25) is 0 Å². The van der Waals surface area contributed by atoms with E-state index in [0.717, 1.165) is 41.4 Å². The van der Waals surface area contributed by atoms with Crippen LogP contribution in [0.2, 0.25) is 0 Å². The molecule has 0 saturated carbocycles. The highest BCUT2D eigenvalue weighted by atomic mass is 15.0. The van der Waals surface area contributed by atoms with Gasteiger partial charge in [-0.05, 0) is 32.4 Å². The van der Waals surface area contributed by atoms with Gasteiger partial charge in [-0.1, -0.05) is 6.07 Å². The fourth-order valence-corrected chi connectivity index (χ4v) is 1.78. The van der Waals surface area contributed by atoms with Crippen LogP contribution in [0.5, 0.6) is 0 Å². The summed E-state index contributed by atoms with van der Waals surface area (Å²) in [6, 6.07) is 4.00. The summed E-state index contributed by atoms with van der Waals surface area (Å²) < 4.78 is 0. The van der Waals surface area contributed by atoms with E-state index in [1.807, 2.05) is 26.1 Å². The zero-order valence-electron chi connectivity index (χ0n) is 11.1. The van der Waals surface area contributed by atoms with Crippen molar-refractivity contribution in [3.8, 4) is 0 Å². The zero-order valence-corrected chi connectivity index (χ0v) is 11.1. The van der Waals surface area contributed by atoms with Gasteiger partial charge in [0.25, 0.3) is 0 Å². The SMILES string of the molecule is CCNc1nc(C)c(C)nc1Cc1cccnc1. The van der Waals surface area contributed by atoms with Crippen LogP contribution in [-0.4, -0.2) is 21.5 Å². The molecule has 0 aliphatic rings. The lowest BCUT2D eigenvalue weighted by atomic mass is 10.1. The zero-order chi connectivity index (χ0) is 13.0. The second kappa shape index (κ2) is 5.58.